The topological polar surface area (TPSA) is 63.2 Å². The van der Waals surface area contributed by atoms with Crippen LogP contribution in [-0.4, -0.2) is 41.7 Å². The SMILES string of the molecule is CCCNc1nc(OC)nc(N(C)C(C)CC(C)C)n1. The van der Waals surface area contributed by atoms with Crippen LogP contribution >= 0.6 is 0 Å². The highest BCUT2D eigenvalue weighted by Gasteiger charge is 2.16. The Balaban J connectivity index is 2.91. The van der Waals surface area contributed by atoms with Gasteiger partial charge in [-0.3, -0.25) is 0 Å². The van der Waals surface area contributed by atoms with Crippen LogP contribution in [0.4, 0.5) is 11.9 Å². The van der Waals surface area contributed by atoms with Gasteiger partial charge in [-0.15, -0.1) is 0 Å². The highest BCUT2D eigenvalue weighted by Crippen LogP contribution is 2.18. The fourth-order valence-corrected chi connectivity index (χ4v) is 1.95. The number of aromatic nitrogens is 3. The molecule has 0 bridgehead atoms. The lowest BCUT2D eigenvalue weighted by Gasteiger charge is -2.26. The van der Waals surface area contributed by atoms with Crippen LogP contribution < -0.4 is 15.0 Å². The van der Waals surface area contributed by atoms with Gasteiger partial charge in [0.25, 0.3) is 0 Å². The normalized spacial score (nSPS) is 12.3. The summed E-state index contributed by atoms with van der Waals surface area (Å²) in [7, 11) is 3.58. The smallest absolute Gasteiger partial charge is 0.322 e. The van der Waals surface area contributed by atoms with Crippen LogP contribution in [0.15, 0.2) is 0 Å². The minimum absolute atomic E-state index is 0.345. The van der Waals surface area contributed by atoms with Crippen molar-refractivity contribution in [2.45, 2.75) is 46.6 Å². The van der Waals surface area contributed by atoms with E-state index in [-0.39, 0.29) is 0 Å². The summed E-state index contributed by atoms with van der Waals surface area (Å²) < 4.78 is 5.16. The molecular weight excluding hydrogens is 254 g/mol. The van der Waals surface area contributed by atoms with Gasteiger partial charge in [0.15, 0.2) is 0 Å². The molecule has 1 unspecified atom stereocenters. The number of hydrogen-bond donors (Lipinski definition) is 1. The van der Waals surface area contributed by atoms with Crippen LogP contribution in [0.25, 0.3) is 0 Å². The summed E-state index contributed by atoms with van der Waals surface area (Å²) in [5.41, 5.74) is 0. The molecule has 0 radical (unpaired) electrons. The first kappa shape index (κ1) is 16.5. The van der Waals surface area contributed by atoms with Crippen LogP contribution in [0, 0.1) is 5.92 Å². The van der Waals surface area contributed by atoms with Gasteiger partial charge in [0.05, 0.1) is 7.11 Å². The molecule has 0 aliphatic rings. The van der Waals surface area contributed by atoms with E-state index in [0.717, 1.165) is 19.4 Å². The average Bonchev–Trinajstić information content (AvgIpc) is 2.43. The Morgan fingerprint density at radius 2 is 1.90 bits per heavy atom. The average molecular weight is 281 g/mol. The second-order valence-corrected chi connectivity index (χ2v) is 5.46. The lowest BCUT2D eigenvalue weighted by Crippen LogP contribution is -2.32. The molecule has 0 aliphatic carbocycles. The van der Waals surface area contributed by atoms with E-state index in [1.54, 1.807) is 7.11 Å². The minimum atomic E-state index is 0.345. The molecule has 20 heavy (non-hydrogen) atoms. The van der Waals surface area contributed by atoms with Crippen LogP contribution in [0.2, 0.25) is 0 Å². The Kier molecular flexibility index (Phi) is 6.48. The molecule has 1 heterocycles. The quantitative estimate of drug-likeness (QED) is 0.790. The number of rotatable bonds is 8. The van der Waals surface area contributed by atoms with Gasteiger partial charge in [-0.25, -0.2) is 0 Å². The molecule has 6 heteroatoms. The van der Waals surface area contributed by atoms with Crippen molar-refractivity contribution in [3.8, 4) is 6.01 Å². The van der Waals surface area contributed by atoms with Crippen molar-refractivity contribution in [2.75, 3.05) is 30.9 Å². The zero-order valence-corrected chi connectivity index (χ0v) is 13.5. The zero-order chi connectivity index (χ0) is 15.1. The maximum Gasteiger partial charge on any atom is 0.322 e. The van der Waals surface area contributed by atoms with Crippen LogP contribution in [-0.2, 0) is 0 Å². The van der Waals surface area contributed by atoms with Crippen molar-refractivity contribution in [3.63, 3.8) is 0 Å². The minimum Gasteiger partial charge on any atom is -0.467 e. The molecule has 1 atom stereocenters. The van der Waals surface area contributed by atoms with E-state index >= 15 is 0 Å². The van der Waals surface area contributed by atoms with E-state index in [1.165, 1.54) is 0 Å². The molecule has 0 amide bonds. The Labute approximate surface area is 122 Å². The predicted octanol–water partition coefficient (Wildman–Crippen LogP) is 2.57. The van der Waals surface area contributed by atoms with Crippen molar-refractivity contribution < 1.29 is 4.74 Å². The number of anilines is 2. The number of nitrogens with zero attached hydrogens (tertiary/aromatic N) is 4. The third-order valence-corrected chi connectivity index (χ3v) is 3.11. The molecular formula is C14H27N5O. The Morgan fingerprint density at radius 3 is 2.45 bits per heavy atom. The number of methoxy groups -OCH3 is 1. The molecule has 1 N–H and O–H groups in total. The van der Waals surface area contributed by atoms with Crippen LogP contribution in [0.5, 0.6) is 6.01 Å². The molecule has 0 saturated heterocycles. The molecule has 0 spiro atoms. The van der Waals surface area contributed by atoms with Gasteiger partial charge < -0.3 is 15.0 Å². The lowest BCUT2D eigenvalue weighted by atomic mass is 10.0. The molecule has 1 aromatic rings. The standard InChI is InChI=1S/C14H27N5O/c1-7-8-15-12-16-13(18-14(17-12)20-6)19(5)11(4)9-10(2)3/h10-11H,7-9H2,1-6H3,(H,15,16,17,18). The summed E-state index contributed by atoms with van der Waals surface area (Å²) >= 11 is 0. The van der Waals surface area contributed by atoms with E-state index < -0.39 is 0 Å². The lowest BCUT2D eigenvalue weighted by molar-refractivity contribution is 0.378. The van der Waals surface area contributed by atoms with Crippen molar-refractivity contribution in [1.82, 2.24) is 15.0 Å². The van der Waals surface area contributed by atoms with Gasteiger partial charge in [-0.05, 0) is 25.7 Å². The third kappa shape index (κ3) is 4.83. The summed E-state index contributed by atoms with van der Waals surface area (Å²) in [5, 5.41) is 3.18. The molecule has 1 rings (SSSR count). The number of nitrogens with one attached hydrogen (secondary N) is 1. The summed E-state index contributed by atoms with van der Waals surface area (Å²) in [6.07, 6.45) is 2.10. The maximum absolute atomic E-state index is 5.16. The molecule has 1 aromatic heterocycles. The van der Waals surface area contributed by atoms with Gasteiger partial charge in [0.1, 0.15) is 0 Å². The van der Waals surface area contributed by atoms with Gasteiger partial charge in [-0.2, -0.15) is 15.0 Å². The monoisotopic (exact) mass is 281 g/mol. The Hall–Kier alpha value is -1.59. The summed E-state index contributed by atoms with van der Waals surface area (Å²) in [5.74, 6) is 1.84. The summed E-state index contributed by atoms with van der Waals surface area (Å²) in [6, 6.07) is 0.707. The molecule has 114 valence electrons. The number of hydrogen-bond acceptors (Lipinski definition) is 6. The fraction of sp³-hybridized carbons (Fsp3) is 0.786. The summed E-state index contributed by atoms with van der Waals surface area (Å²) in [4.78, 5) is 15.1. The van der Waals surface area contributed by atoms with Crippen LogP contribution in [0.3, 0.4) is 0 Å². The zero-order valence-electron chi connectivity index (χ0n) is 13.5. The van der Waals surface area contributed by atoms with Crippen molar-refractivity contribution >= 4 is 11.9 Å². The second kappa shape index (κ2) is 7.87. The first-order chi connectivity index (χ1) is 9.47. The summed E-state index contributed by atoms with van der Waals surface area (Å²) in [6.45, 7) is 9.54. The van der Waals surface area contributed by atoms with Crippen LogP contribution in [0.1, 0.15) is 40.5 Å². The maximum atomic E-state index is 5.16. The molecule has 6 nitrogen and oxygen atoms in total. The van der Waals surface area contributed by atoms with E-state index in [2.05, 4.69) is 52.9 Å². The highest BCUT2D eigenvalue weighted by molar-refractivity contribution is 5.38. The number of ether oxygens (including phenoxy) is 1. The van der Waals surface area contributed by atoms with Gasteiger partial charge in [0.2, 0.25) is 11.9 Å². The highest BCUT2D eigenvalue weighted by atomic mass is 16.5. The van der Waals surface area contributed by atoms with Gasteiger partial charge in [-0.1, -0.05) is 20.8 Å². The van der Waals surface area contributed by atoms with E-state index in [4.69, 9.17) is 4.74 Å². The second-order valence-electron chi connectivity index (χ2n) is 5.46. The Bertz CT molecular complexity index is 411. The third-order valence-electron chi connectivity index (χ3n) is 3.11. The first-order valence-electron chi connectivity index (χ1n) is 7.24. The van der Waals surface area contributed by atoms with Crippen molar-refractivity contribution in [3.05, 3.63) is 0 Å². The molecule has 0 aromatic carbocycles. The van der Waals surface area contributed by atoms with Crippen molar-refractivity contribution in [1.29, 1.82) is 0 Å². The molecule has 0 aliphatic heterocycles. The van der Waals surface area contributed by atoms with Gasteiger partial charge in [0, 0.05) is 19.6 Å². The van der Waals surface area contributed by atoms with E-state index in [0.29, 0.717) is 29.9 Å². The largest absolute Gasteiger partial charge is 0.467 e. The predicted molar refractivity (Wildman–Crippen MR) is 82.5 cm³/mol. The fourth-order valence-electron chi connectivity index (χ4n) is 1.95. The van der Waals surface area contributed by atoms with E-state index in [9.17, 15) is 0 Å². The van der Waals surface area contributed by atoms with E-state index in [1.807, 2.05) is 7.05 Å². The molecule has 0 fully saturated rings. The Morgan fingerprint density at radius 1 is 1.20 bits per heavy atom. The van der Waals surface area contributed by atoms with Crippen molar-refractivity contribution in [2.24, 2.45) is 5.92 Å². The first-order valence-corrected chi connectivity index (χ1v) is 7.24. The molecule has 0 saturated carbocycles. The van der Waals surface area contributed by atoms with Gasteiger partial charge >= 0.3 is 6.01 Å².